The lowest BCUT2D eigenvalue weighted by Crippen LogP contribution is -2.27. The van der Waals surface area contributed by atoms with Crippen molar-refractivity contribution in [2.24, 2.45) is 5.41 Å². The summed E-state index contributed by atoms with van der Waals surface area (Å²) in [6.45, 7) is 14.8. The van der Waals surface area contributed by atoms with Crippen molar-refractivity contribution in [3.05, 3.63) is 69.8 Å². The maximum Gasteiger partial charge on any atom is 0.303 e. The van der Waals surface area contributed by atoms with Crippen LogP contribution in [0.3, 0.4) is 0 Å². The molecule has 0 saturated carbocycles. The van der Waals surface area contributed by atoms with Crippen LogP contribution >= 0.6 is 0 Å². The Hall–Kier alpha value is -2.18. The number of benzene rings is 2. The first-order valence-electron chi connectivity index (χ1n) is 14.0. The van der Waals surface area contributed by atoms with Gasteiger partial charge in [-0.3, -0.25) is 4.79 Å². The molecule has 1 unspecified atom stereocenters. The Morgan fingerprint density at radius 1 is 0.868 bits per heavy atom. The summed E-state index contributed by atoms with van der Waals surface area (Å²) in [4.78, 5) is 10.7. The highest BCUT2D eigenvalue weighted by molar-refractivity contribution is 7.91. The number of carboxylic acids is 1. The van der Waals surface area contributed by atoms with Crippen molar-refractivity contribution in [3.8, 4) is 0 Å². The summed E-state index contributed by atoms with van der Waals surface area (Å²) >= 11 is 0. The summed E-state index contributed by atoms with van der Waals surface area (Å²) in [5, 5.41) is 19.2. The molecule has 0 heterocycles. The highest BCUT2D eigenvalue weighted by Gasteiger charge is 2.31. The molecule has 212 valence electrons. The van der Waals surface area contributed by atoms with Crippen molar-refractivity contribution in [2.75, 3.05) is 11.5 Å². The molecule has 0 aliphatic rings. The number of rotatable bonds is 14. The minimum Gasteiger partial charge on any atom is -0.481 e. The molecule has 2 N–H and O–H groups in total. The smallest absolute Gasteiger partial charge is 0.303 e. The molecule has 2 aromatic carbocycles. The summed E-state index contributed by atoms with van der Waals surface area (Å²) in [5.74, 6) is -1.02. The van der Waals surface area contributed by atoms with Crippen molar-refractivity contribution in [2.45, 2.75) is 105 Å². The SMILES string of the molecule is CCC(CC)(c1ccc(CCC(O)C(C)(C)C)c(C)c1)c1ccc(CCS(=O)(=O)CCCC(=O)O)c(C)c1. The van der Waals surface area contributed by atoms with Gasteiger partial charge in [0.25, 0.3) is 0 Å². The summed E-state index contributed by atoms with van der Waals surface area (Å²) in [7, 11) is -3.29. The second-order valence-corrected chi connectivity index (χ2v) is 14.2. The van der Waals surface area contributed by atoms with E-state index >= 15 is 0 Å². The molecule has 0 saturated heterocycles. The van der Waals surface area contributed by atoms with Crippen LogP contribution in [-0.4, -0.2) is 42.2 Å². The lowest BCUT2D eigenvalue weighted by molar-refractivity contribution is -0.137. The first kappa shape index (κ1) is 32.0. The van der Waals surface area contributed by atoms with E-state index in [0.29, 0.717) is 6.42 Å². The topological polar surface area (TPSA) is 91.7 Å². The molecule has 0 radical (unpaired) electrons. The monoisotopic (exact) mass is 544 g/mol. The maximum absolute atomic E-state index is 12.4. The zero-order valence-electron chi connectivity index (χ0n) is 24.4. The third kappa shape index (κ3) is 8.41. The zero-order valence-corrected chi connectivity index (χ0v) is 25.2. The molecule has 1 atom stereocenters. The number of carbonyl (C=O) groups is 1. The first-order valence-corrected chi connectivity index (χ1v) is 15.8. The van der Waals surface area contributed by atoms with Crippen LogP contribution in [0.5, 0.6) is 0 Å². The van der Waals surface area contributed by atoms with E-state index in [1.807, 2.05) is 6.92 Å². The average Bonchev–Trinajstić information content (AvgIpc) is 2.83. The van der Waals surface area contributed by atoms with Gasteiger partial charge >= 0.3 is 5.97 Å². The highest BCUT2D eigenvalue weighted by Crippen LogP contribution is 2.40. The Bertz CT molecular complexity index is 1190. The van der Waals surface area contributed by atoms with E-state index in [9.17, 15) is 18.3 Å². The molecule has 0 amide bonds. The molecule has 0 aromatic heterocycles. The third-order valence-electron chi connectivity index (χ3n) is 8.21. The average molecular weight is 545 g/mol. The summed E-state index contributed by atoms with van der Waals surface area (Å²) < 4.78 is 24.8. The number of hydrogen-bond acceptors (Lipinski definition) is 4. The van der Waals surface area contributed by atoms with Gasteiger partial charge in [0.05, 0.1) is 17.6 Å². The number of carboxylic acid groups (broad SMARTS) is 1. The number of aliphatic hydroxyl groups excluding tert-OH is 1. The molecule has 0 aliphatic carbocycles. The Morgan fingerprint density at radius 3 is 1.79 bits per heavy atom. The van der Waals surface area contributed by atoms with Crippen LogP contribution < -0.4 is 0 Å². The van der Waals surface area contributed by atoms with E-state index in [0.717, 1.165) is 36.8 Å². The minimum absolute atomic E-state index is 0.0318. The second-order valence-electron chi connectivity index (χ2n) is 11.9. The van der Waals surface area contributed by atoms with Crippen molar-refractivity contribution < 1.29 is 23.4 Å². The minimum atomic E-state index is -3.29. The predicted octanol–water partition coefficient (Wildman–Crippen LogP) is 6.57. The van der Waals surface area contributed by atoms with Crippen LogP contribution in [0.1, 0.15) is 100 Å². The van der Waals surface area contributed by atoms with Crippen LogP contribution in [-0.2, 0) is 32.9 Å². The standard InChI is InChI=1S/C32H48O5S/c1-8-32(9-2,27-15-12-25(23(3)21-27)14-17-29(33)31(5,6)7)28-16-13-26(24(4)22-28)18-20-38(36,37)19-10-11-30(34)35/h12-13,15-16,21-22,29,33H,8-11,14,17-20H2,1-7H3,(H,34,35). The van der Waals surface area contributed by atoms with Crippen LogP contribution in [0.25, 0.3) is 0 Å². The maximum atomic E-state index is 12.4. The normalized spacial score (nSPS) is 13.5. The number of sulfone groups is 1. The lowest BCUT2D eigenvalue weighted by atomic mass is 9.69. The Balaban J connectivity index is 2.24. The largest absolute Gasteiger partial charge is 0.481 e. The van der Waals surface area contributed by atoms with Gasteiger partial charge < -0.3 is 10.2 Å². The molecule has 0 fully saturated rings. The Morgan fingerprint density at radius 2 is 1.37 bits per heavy atom. The summed E-state index contributed by atoms with van der Waals surface area (Å²) in [6.07, 6.45) is 3.61. The fourth-order valence-corrected chi connectivity index (χ4v) is 6.64. The summed E-state index contributed by atoms with van der Waals surface area (Å²) in [6, 6.07) is 13.2. The van der Waals surface area contributed by atoms with Gasteiger partial charge in [0.15, 0.2) is 9.84 Å². The summed E-state index contributed by atoms with van der Waals surface area (Å²) in [5.41, 5.74) is 6.88. The fourth-order valence-electron chi connectivity index (χ4n) is 5.32. The molecule has 2 rings (SSSR count). The van der Waals surface area contributed by atoms with Crippen LogP contribution in [0.4, 0.5) is 0 Å². The van der Waals surface area contributed by atoms with Gasteiger partial charge in [-0.25, -0.2) is 8.42 Å². The molecule has 5 nitrogen and oxygen atoms in total. The number of aryl methyl sites for hydroxylation is 4. The van der Waals surface area contributed by atoms with Crippen LogP contribution in [0.15, 0.2) is 36.4 Å². The second kappa shape index (κ2) is 13.3. The molecule has 2 aromatic rings. The van der Waals surface area contributed by atoms with E-state index in [-0.39, 0.29) is 41.3 Å². The van der Waals surface area contributed by atoms with E-state index in [2.05, 4.69) is 77.9 Å². The Labute approximate surface area is 230 Å². The van der Waals surface area contributed by atoms with Crippen LogP contribution in [0, 0.1) is 19.3 Å². The molecule has 0 spiro atoms. The quantitative estimate of drug-likeness (QED) is 0.281. The number of hydrogen-bond donors (Lipinski definition) is 2. The predicted molar refractivity (Wildman–Crippen MR) is 157 cm³/mol. The van der Waals surface area contributed by atoms with Gasteiger partial charge in [-0.2, -0.15) is 0 Å². The highest BCUT2D eigenvalue weighted by atomic mass is 32.2. The molecule has 38 heavy (non-hydrogen) atoms. The molecule has 0 aliphatic heterocycles. The van der Waals surface area contributed by atoms with Gasteiger partial charge in [0, 0.05) is 11.8 Å². The van der Waals surface area contributed by atoms with Crippen molar-refractivity contribution in [3.63, 3.8) is 0 Å². The zero-order chi connectivity index (χ0) is 28.7. The van der Waals surface area contributed by atoms with Gasteiger partial charge in [0.1, 0.15) is 0 Å². The molecule has 6 heteroatoms. The van der Waals surface area contributed by atoms with E-state index in [1.54, 1.807) is 0 Å². The first-order chi connectivity index (χ1) is 17.6. The fraction of sp³-hybridized carbons (Fsp3) is 0.594. The van der Waals surface area contributed by atoms with Gasteiger partial charge in [-0.1, -0.05) is 71.0 Å². The van der Waals surface area contributed by atoms with E-state index in [1.165, 1.54) is 22.3 Å². The van der Waals surface area contributed by atoms with Gasteiger partial charge in [-0.15, -0.1) is 0 Å². The van der Waals surface area contributed by atoms with E-state index in [4.69, 9.17) is 5.11 Å². The van der Waals surface area contributed by atoms with Crippen molar-refractivity contribution in [1.82, 2.24) is 0 Å². The molecule has 0 bridgehead atoms. The van der Waals surface area contributed by atoms with Gasteiger partial charge in [0.2, 0.25) is 0 Å². The van der Waals surface area contributed by atoms with E-state index < -0.39 is 15.8 Å². The van der Waals surface area contributed by atoms with Gasteiger partial charge in [-0.05, 0) is 91.2 Å². The Kier molecular flexibility index (Phi) is 11.2. The molecular weight excluding hydrogens is 496 g/mol. The van der Waals surface area contributed by atoms with Crippen LogP contribution in [0.2, 0.25) is 0 Å². The number of aliphatic carboxylic acids is 1. The number of aliphatic hydroxyl groups is 1. The lowest BCUT2D eigenvalue weighted by Gasteiger charge is -2.34. The van der Waals surface area contributed by atoms with Crippen molar-refractivity contribution in [1.29, 1.82) is 0 Å². The molecular formula is C32H48O5S. The van der Waals surface area contributed by atoms with Crippen molar-refractivity contribution >= 4 is 15.8 Å². The third-order valence-corrected chi connectivity index (χ3v) is 9.95.